The molecule has 0 radical (unpaired) electrons. The largest absolute Gasteiger partial charge is 0.494 e. The van der Waals surface area contributed by atoms with Crippen molar-refractivity contribution in [2.75, 3.05) is 13.2 Å². The maximum absolute atomic E-state index is 5.60. The van der Waals surface area contributed by atoms with Crippen LogP contribution < -0.4 is 10.1 Å². The first-order valence-corrected chi connectivity index (χ1v) is 7.75. The fourth-order valence-corrected chi connectivity index (χ4v) is 2.30. The van der Waals surface area contributed by atoms with Crippen LogP contribution in [0.4, 0.5) is 0 Å². The highest BCUT2D eigenvalue weighted by atomic mass is 16.5. The fraction of sp³-hybridized carbons (Fsp3) is 0.647. The van der Waals surface area contributed by atoms with E-state index in [0.29, 0.717) is 6.04 Å². The van der Waals surface area contributed by atoms with E-state index >= 15 is 0 Å². The lowest BCUT2D eigenvalue weighted by atomic mass is 10.0. The first kappa shape index (κ1) is 16.0. The van der Waals surface area contributed by atoms with Crippen LogP contribution in [0.5, 0.6) is 5.75 Å². The second-order valence-electron chi connectivity index (χ2n) is 5.07. The zero-order valence-electron chi connectivity index (χ0n) is 12.7. The van der Waals surface area contributed by atoms with Gasteiger partial charge in [-0.2, -0.15) is 0 Å². The van der Waals surface area contributed by atoms with E-state index in [2.05, 4.69) is 50.4 Å². The molecule has 2 nitrogen and oxygen atoms in total. The van der Waals surface area contributed by atoms with Crippen molar-refractivity contribution in [3.8, 4) is 5.75 Å². The molecule has 108 valence electrons. The first-order valence-electron chi connectivity index (χ1n) is 7.75. The van der Waals surface area contributed by atoms with Crippen molar-refractivity contribution in [3.63, 3.8) is 0 Å². The van der Waals surface area contributed by atoms with E-state index in [1.54, 1.807) is 0 Å². The van der Waals surface area contributed by atoms with Crippen LogP contribution in [0.15, 0.2) is 24.3 Å². The summed E-state index contributed by atoms with van der Waals surface area (Å²) in [6, 6.07) is 9.23. The average Bonchev–Trinajstić information content (AvgIpc) is 2.44. The molecule has 0 spiro atoms. The predicted molar refractivity (Wildman–Crippen MR) is 82.9 cm³/mol. The SMILES string of the molecule is CCCOc1ccc(CCC(CCC)NCC)cc1. The van der Waals surface area contributed by atoms with E-state index < -0.39 is 0 Å². The number of ether oxygens (including phenoxy) is 1. The van der Waals surface area contributed by atoms with Gasteiger partial charge in [-0.3, -0.25) is 0 Å². The van der Waals surface area contributed by atoms with Crippen LogP contribution in [0.3, 0.4) is 0 Å². The topological polar surface area (TPSA) is 21.3 Å². The molecule has 0 heterocycles. The van der Waals surface area contributed by atoms with Crippen LogP contribution in [-0.2, 0) is 6.42 Å². The van der Waals surface area contributed by atoms with Crippen molar-refractivity contribution in [1.82, 2.24) is 5.32 Å². The molecule has 1 unspecified atom stereocenters. The van der Waals surface area contributed by atoms with Gasteiger partial charge in [-0.1, -0.05) is 39.3 Å². The number of aryl methyl sites for hydroxylation is 1. The Bertz CT molecular complexity index is 315. The molecule has 0 amide bonds. The number of rotatable bonds is 10. The fourth-order valence-electron chi connectivity index (χ4n) is 2.30. The highest BCUT2D eigenvalue weighted by molar-refractivity contribution is 5.27. The van der Waals surface area contributed by atoms with E-state index in [-0.39, 0.29) is 0 Å². The molecule has 2 heteroatoms. The summed E-state index contributed by atoms with van der Waals surface area (Å²) in [5.74, 6) is 0.988. The molecule has 0 saturated heterocycles. The van der Waals surface area contributed by atoms with Crippen LogP contribution in [-0.4, -0.2) is 19.2 Å². The van der Waals surface area contributed by atoms with Gasteiger partial charge in [0.1, 0.15) is 5.75 Å². The smallest absolute Gasteiger partial charge is 0.119 e. The van der Waals surface area contributed by atoms with Crippen LogP contribution in [0, 0.1) is 0 Å². The van der Waals surface area contributed by atoms with Gasteiger partial charge in [-0.15, -0.1) is 0 Å². The van der Waals surface area contributed by atoms with Gasteiger partial charge >= 0.3 is 0 Å². The summed E-state index contributed by atoms with van der Waals surface area (Å²) in [6.07, 6.45) is 5.94. The number of hydrogen-bond acceptors (Lipinski definition) is 2. The molecule has 1 rings (SSSR count). The van der Waals surface area contributed by atoms with E-state index in [0.717, 1.165) is 31.7 Å². The van der Waals surface area contributed by atoms with Gasteiger partial charge in [-0.25, -0.2) is 0 Å². The Balaban J connectivity index is 2.39. The predicted octanol–water partition coefficient (Wildman–Crippen LogP) is 4.19. The third kappa shape index (κ3) is 6.63. The Labute approximate surface area is 118 Å². The van der Waals surface area contributed by atoms with Crippen LogP contribution >= 0.6 is 0 Å². The van der Waals surface area contributed by atoms with Crippen molar-refractivity contribution in [1.29, 1.82) is 0 Å². The molecular formula is C17H29NO. The van der Waals surface area contributed by atoms with Gasteiger partial charge in [0, 0.05) is 6.04 Å². The lowest BCUT2D eigenvalue weighted by molar-refractivity contribution is 0.317. The molecular weight excluding hydrogens is 234 g/mol. The lowest BCUT2D eigenvalue weighted by Crippen LogP contribution is -2.29. The summed E-state index contributed by atoms with van der Waals surface area (Å²) in [6.45, 7) is 8.43. The Morgan fingerprint density at radius 1 is 1.00 bits per heavy atom. The minimum Gasteiger partial charge on any atom is -0.494 e. The second-order valence-corrected chi connectivity index (χ2v) is 5.07. The molecule has 0 bridgehead atoms. The van der Waals surface area contributed by atoms with E-state index in [1.807, 2.05) is 0 Å². The van der Waals surface area contributed by atoms with Crippen molar-refractivity contribution < 1.29 is 4.74 Å². The van der Waals surface area contributed by atoms with Gasteiger partial charge in [0.25, 0.3) is 0 Å². The van der Waals surface area contributed by atoms with Crippen LogP contribution in [0.1, 0.15) is 52.0 Å². The van der Waals surface area contributed by atoms with E-state index in [1.165, 1.54) is 24.8 Å². The first-order chi connectivity index (χ1) is 9.30. The molecule has 1 N–H and O–H groups in total. The zero-order valence-corrected chi connectivity index (χ0v) is 12.7. The Kier molecular flexibility index (Phi) is 8.31. The summed E-state index contributed by atoms with van der Waals surface area (Å²) in [4.78, 5) is 0. The number of nitrogens with one attached hydrogen (secondary N) is 1. The normalized spacial score (nSPS) is 12.4. The molecule has 19 heavy (non-hydrogen) atoms. The molecule has 0 fully saturated rings. The Hall–Kier alpha value is -1.02. The molecule has 0 aliphatic carbocycles. The summed E-state index contributed by atoms with van der Waals surface area (Å²) in [5, 5.41) is 3.57. The van der Waals surface area contributed by atoms with Crippen LogP contribution in [0.25, 0.3) is 0 Å². The van der Waals surface area contributed by atoms with Crippen molar-refractivity contribution in [2.24, 2.45) is 0 Å². The number of benzene rings is 1. The third-order valence-electron chi connectivity index (χ3n) is 3.31. The van der Waals surface area contributed by atoms with Gasteiger partial charge in [0.15, 0.2) is 0 Å². The minimum atomic E-state index is 0.658. The summed E-state index contributed by atoms with van der Waals surface area (Å²) >= 11 is 0. The average molecular weight is 263 g/mol. The number of hydrogen-bond donors (Lipinski definition) is 1. The second kappa shape index (κ2) is 9.85. The van der Waals surface area contributed by atoms with E-state index in [9.17, 15) is 0 Å². The van der Waals surface area contributed by atoms with E-state index in [4.69, 9.17) is 4.74 Å². The van der Waals surface area contributed by atoms with Crippen molar-refractivity contribution in [3.05, 3.63) is 29.8 Å². The molecule has 0 aliphatic heterocycles. The van der Waals surface area contributed by atoms with Gasteiger partial charge in [0.05, 0.1) is 6.61 Å². The molecule has 1 atom stereocenters. The van der Waals surface area contributed by atoms with Crippen LogP contribution in [0.2, 0.25) is 0 Å². The minimum absolute atomic E-state index is 0.658. The quantitative estimate of drug-likeness (QED) is 0.683. The lowest BCUT2D eigenvalue weighted by Gasteiger charge is -2.17. The third-order valence-corrected chi connectivity index (χ3v) is 3.31. The van der Waals surface area contributed by atoms with Gasteiger partial charge in [0.2, 0.25) is 0 Å². The molecule has 1 aromatic carbocycles. The Morgan fingerprint density at radius 2 is 1.74 bits per heavy atom. The molecule has 0 aromatic heterocycles. The zero-order chi connectivity index (χ0) is 13.9. The summed E-state index contributed by atoms with van der Waals surface area (Å²) in [7, 11) is 0. The summed E-state index contributed by atoms with van der Waals surface area (Å²) in [5.41, 5.74) is 1.41. The molecule has 1 aromatic rings. The van der Waals surface area contributed by atoms with Gasteiger partial charge in [-0.05, 0) is 49.9 Å². The van der Waals surface area contributed by atoms with Gasteiger partial charge < -0.3 is 10.1 Å². The monoisotopic (exact) mass is 263 g/mol. The molecule has 0 saturated carbocycles. The highest BCUT2D eigenvalue weighted by Crippen LogP contribution is 2.15. The Morgan fingerprint density at radius 3 is 2.32 bits per heavy atom. The molecule has 0 aliphatic rings. The summed E-state index contributed by atoms with van der Waals surface area (Å²) < 4.78 is 5.60. The maximum Gasteiger partial charge on any atom is 0.119 e. The highest BCUT2D eigenvalue weighted by Gasteiger charge is 2.06. The van der Waals surface area contributed by atoms with Crippen molar-refractivity contribution >= 4 is 0 Å². The maximum atomic E-state index is 5.60. The standard InChI is InChI=1S/C17H29NO/c1-4-7-16(18-6-3)11-8-15-9-12-17(13-10-15)19-14-5-2/h9-10,12-13,16,18H,4-8,11,14H2,1-3H3. The van der Waals surface area contributed by atoms with Crippen molar-refractivity contribution in [2.45, 2.75) is 58.9 Å².